The topological polar surface area (TPSA) is 39.9 Å². The van der Waals surface area contributed by atoms with Crippen LogP contribution >= 0.6 is 15.9 Å². The number of fused-ring (bicyclic) bond motifs is 1. The molecular formula is C16H19BrFN3O. The second-order valence-electron chi connectivity index (χ2n) is 6.18. The summed E-state index contributed by atoms with van der Waals surface area (Å²) in [6.45, 7) is 3.91. The van der Waals surface area contributed by atoms with Crippen LogP contribution in [0.25, 0.3) is 11.4 Å². The Balaban J connectivity index is 1.90. The van der Waals surface area contributed by atoms with Crippen molar-refractivity contribution in [1.82, 2.24) is 14.8 Å². The number of methoxy groups -OCH3 is 1. The molecule has 0 fully saturated rings. The van der Waals surface area contributed by atoms with Crippen molar-refractivity contribution in [1.29, 1.82) is 0 Å². The lowest BCUT2D eigenvalue weighted by Gasteiger charge is -2.34. The number of rotatable bonds is 4. The Labute approximate surface area is 137 Å². The third-order valence-corrected chi connectivity index (χ3v) is 5.20. The van der Waals surface area contributed by atoms with E-state index in [4.69, 9.17) is 9.84 Å². The van der Waals surface area contributed by atoms with Crippen molar-refractivity contribution >= 4 is 15.9 Å². The summed E-state index contributed by atoms with van der Waals surface area (Å²) in [6, 6.07) is 3.08. The first-order valence-corrected chi connectivity index (χ1v) is 8.18. The SMILES string of the molecule is COCCC1(C)CCc2c(Br)c(-c3ccc(F)cn3)nn2C1. The molecule has 1 aliphatic heterocycles. The number of ether oxygens (including phenoxy) is 1. The fourth-order valence-electron chi connectivity index (χ4n) is 2.94. The first-order chi connectivity index (χ1) is 10.5. The Morgan fingerprint density at radius 3 is 2.95 bits per heavy atom. The zero-order chi connectivity index (χ0) is 15.7. The van der Waals surface area contributed by atoms with Crippen molar-refractivity contribution in [3.63, 3.8) is 0 Å². The van der Waals surface area contributed by atoms with Crippen LogP contribution in [0.3, 0.4) is 0 Å². The molecule has 1 atom stereocenters. The molecule has 0 spiro atoms. The highest BCUT2D eigenvalue weighted by Crippen LogP contribution is 2.39. The first-order valence-electron chi connectivity index (χ1n) is 7.38. The van der Waals surface area contributed by atoms with E-state index in [0.717, 1.165) is 42.6 Å². The molecular weight excluding hydrogens is 349 g/mol. The first kappa shape index (κ1) is 15.6. The standard InChI is InChI=1S/C16H19BrFN3O/c1-16(7-8-22-2)6-5-13-14(17)15(20-21(13)10-16)12-4-3-11(18)9-19-12/h3-4,9H,5-8,10H2,1-2H3. The van der Waals surface area contributed by atoms with Gasteiger partial charge in [-0.2, -0.15) is 5.10 Å². The van der Waals surface area contributed by atoms with E-state index >= 15 is 0 Å². The van der Waals surface area contributed by atoms with Gasteiger partial charge in [0.25, 0.3) is 0 Å². The highest BCUT2D eigenvalue weighted by atomic mass is 79.9. The summed E-state index contributed by atoms with van der Waals surface area (Å²) in [7, 11) is 1.74. The second-order valence-corrected chi connectivity index (χ2v) is 6.98. The fraction of sp³-hybridized carbons (Fsp3) is 0.500. The molecule has 3 rings (SSSR count). The van der Waals surface area contributed by atoms with Crippen molar-refractivity contribution in [3.05, 3.63) is 34.3 Å². The average molecular weight is 368 g/mol. The molecule has 3 heterocycles. The lowest BCUT2D eigenvalue weighted by atomic mass is 9.80. The zero-order valence-corrected chi connectivity index (χ0v) is 14.4. The van der Waals surface area contributed by atoms with Crippen LogP contribution in [0.15, 0.2) is 22.8 Å². The molecule has 0 N–H and O–H groups in total. The minimum atomic E-state index is -0.337. The van der Waals surface area contributed by atoms with Gasteiger partial charge in [0.05, 0.1) is 22.1 Å². The molecule has 1 aliphatic rings. The Hall–Kier alpha value is -1.27. The Morgan fingerprint density at radius 1 is 1.45 bits per heavy atom. The summed E-state index contributed by atoms with van der Waals surface area (Å²) >= 11 is 3.64. The van der Waals surface area contributed by atoms with Crippen molar-refractivity contribution in [2.24, 2.45) is 5.41 Å². The summed E-state index contributed by atoms with van der Waals surface area (Å²) in [6.07, 6.45) is 4.32. The van der Waals surface area contributed by atoms with Crippen molar-refractivity contribution in [2.45, 2.75) is 32.7 Å². The average Bonchev–Trinajstić information content (AvgIpc) is 2.82. The van der Waals surface area contributed by atoms with Gasteiger partial charge in [-0.15, -0.1) is 0 Å². The van der Waals surface area contributed by atoms with Gasteiger partial charge in [0.15, 0.2) is 0 Å². The Bertz CT molecular complexity index is 671. The summed E-state index contributed by atoms with van der Waals surface area (Å²) in [5.74, 6) is -0.337. The van der Waals surface area contributed by atoms with Crippen LogP contribution in [0.4, 0.5) is 4.39 Å². The van der Waals surface area contributed by atoms with E-state index in [0.29, 0.717) is 5.69 Å². The molecule has 2 aromatic rings. The lowest BCUT2D eigenvalue weighted by molar-refractivity contribution is 0.113. The molecule has 0 aromatic carbocycles. The zero-order valence-electron chi connectivity index (χ0n) is 12.8. The molecule has 0 bridgehead atoms. The number of hydrogen-bond donors (Lipinski definition) is 0. The van der Waals surface area contributed by atoms with Gasteiger partial charge in [0.2, 0.25) is 0 Å². The van der Waals surface area contributed by atoms with Crippen molar-refractivity contribution < 1.29 is 9.13 Å². The third kappa shape index (κ3) is 2.94. The van der Waals surface area contributed by atoms with Crippen LogP contribution in [0, 0.1) is 11.2 Å². The fourth-order valence-corrected chi connectivity index (χ4v) is 3.62. The largest absolute Gasteiger partial charge is 0.385 e. The molecule has 0 saturated carbocycles. The molecule has 118 valence electrons. The molecule has 1 unspecified atom stereocenters. The third-order valence-electron chi connectivity index (χ3n) is 4.37. The number of halogens is 2. The van der Waals surface area contributed by atoms with Crippen LogP contribution < -0.4 is 0 Å². The van der Waals surface area contributed by atoms with Crippen LogP contribution in [0.2, 0.25) is 0 Å². The number of nitrogens with zero attached hydrogens (tertiary/aromatic N) is 3. The molecule has 2 aromatic heterocycles. The maximum Gasteiger partial charge on any atom is 0.141 e. The van der Waals surface area contributed by atoms with Crippen LogP contribution in [-0.2, 0) is 17.7 Å². The second kappa shape index (κ2) is 6.08. The molecule has 6 heteroatoms. The van der Waals surface area contributed by atoms with Gasteiger partial charge >= 0.3 is 0 Å². The molecule has 0 aliphatic carbocycles. The minimum Gasteiger partial charge on any atom is -0.385 e. The predicted octanol–water partition coefficient (Wildman–Crippen LogP) is 3.84. The Kier molecular flexibility index (Phi) is 4.32. The van der Waals surface area contributed by atoms with E-state index < -0.39 is 0 Å². The van der Waals surface area contributed by atoms with E-state index in [9.17, 15) is 4.39 Å². The van der Waals surface area contributed by atoms with Crippen LogP contribution in [-0.4, -0.2) is 28.5 Å². The van der Waals surface area contributed by atoms with Gasteiger partial charge in [-0.05, 0) is 52.7 Å². The van der Waals surface area contributed by atoms with Crippen LogP contribution in [0.5, 0.6) is 0 Å². The van der Waals surface area contributed by atoms with E-state index in [1.807, 2.05) is 0 Å². The van der Waals surface area contributed by atoms with Gasteiger partial charge in [0, 0.05) is 20.3 Å². The Morgan fingerprint density at radius 2 is 2.27 bits per heavy atom. The normalized spacial score (nSPS) is 20.9. The monoisotopic (exact) mass is 367 g/mol. The van der Waals surface area contributed by atoms with E-state index in [2.05, 4.69) is 32.5 Å². The quantitative estimate of drug-likeness (QED) is 0.824. The summed E-state index contributed by atoms with van der Waals surface area (Å²) in [4.78, 5) is 4.14. The predicted molar refractivity (Wildman–Crippen MR) is 86.0 cm³/mol. The van der Waals surface area contributed by atoms with Gasteiger partial charge < -0.3 is 4.74 Å². The molecule has 0 radical (unpaired) electrons. The van der Waals surface area contributed by atoms with Gasteiger partial charge in [-0.3, -0.25) is 9.67 Å². The highest BCUT2D eigenvalue weighted by Gasteiger charge is 2.32. The molecule has 0 amide bonds. The minimum absolute atomic E-state index is 0.196. The van der Waals surface area contributed by atoms with Crippen LogP contribution in [0.1, 0.15) is 25.5 Å². The summed E-state index contributed by atoms with van der Waals surface area (Å²) in [5, 5.41) is 4.70. The van der Waals surface area contributed by atoms with E-state index in [-0.39, 0.29) is 11.2 Å². The van der Waals surface area contributed by atoms with Crippen molar-refractivity contribution in [3.8, 4) is 11.4 Å². The maximum absolute atomic E-state index is 13.0. The number of aromatic nitrogens is 3. The van der Waals surface area contributed by atoms with Gasteiger partial charge in [0.1, 0.15) is 11.5 Å². The molecule has 22 heavy (non-hydrogen) atoms. The molecule has 4 nitrogen and oxygen atoms in total. The van der Waals surface area contributed by atoms with Gasteiger partial charge in [-0.1, -0.05) is 6.92 Å². The summed E-state index contributed by atoms with van der Waals surface area (Å²) < 4.78 is 21.3. The van der Waals surface area contributed by atoms with E-state index in [1.54, 1.807) is 13.2 Å². The molecule has 0 saturated heterocycles. The lowest BCUT2D eigenvalue weighted by Crippen LogP contribution is -2.31. The highest BCUT2D eigenvalue weighted by molar-refractivity contribution is 9.10. The smallest absolute Gasteiger partial charge is 0.141 e. The summed E-state index contributed by atoms with van der Waals surface area (Å²) in [5.41, 5.74) is 2.86. The van der Waals surface area contributed by atoms with E-state index in [1.165, 1.54) is 18.0 Å². The number of hydrogen-bond acceptors (Lipinski definition) is 3. The number of pyridine rings is 1. The van der Waals surface area contributed by atoms with Crippen molar-refractivity contribution in [2.75, 3.05) is 13.7 Å². The van der Waals surface area contributed by atoms with Gasteiger partial charge in [-0.25, -0.2) is 4.39 Å². The maximum atomic E-state index is 13.0.